The van der Waals surface area contributed by atoms with Gasteiger partial charge in [-0.25, -0.2) is 8.93 Å². The maximum atomic E-state index is 12.9. The Morgan fingerprint density at radius 3 is 2.50 bits per heavy atom. The second kappa shape index (κ2) is 9.31. The summed E-state index contributed by atoms with van der Waals surface area (Å²) in [7, 11) is 2.19. The number of rotatable bonds is 8. The van der Waals surface area contributed by atoms with Gasteiger partial charge in [-0.15, -0.1) is 11.3 Å². The van der Waals surface area contributed by atoms with Gasteiger partial charge in [0.15, 0.2) is 0 Å². The topological polar surface area (TPSA) is 69.6 Å². The molecule has 2 atom stereocenters. The van der Waals surface area contributed by atoms with Gasteiger partial charge in [0.2, 0.25) is 0 Å². The third-order valence-electron chi connectivity index (χ3n) is 4.67. The third kappa shape index (κ3) is 5.29. The number of carboxylic acid groups (broad SMARTS) is 1. The molecule has 30 heavy (non-hydrogen) atoms. The zero-order valence-electron chi connectivity index (χ0n) is 16.9. The molecule has 0 bridgehead atoms. The average Bonchev–Trinajstić information content (AvgIpc) is 3.19. The van der Waals surface area contributed by atoms with Crippen LogP contribution in [0.15, 0.2) is 64.9 Å². The largest absolute Gasteiger partial charge is 0.480 e. The summed E-state index contributed by atoms with van der Waals surface area (Å²) in [5, 5.41) is 10.5. The molecule has 0 saturated heterocycles. The molecule has 0 fully saturated rings. The Labute approximate surface area is 187 Å². The quantitative estimate of drug-likeness (QED) is 0.503. The number of halogens is 1. The van der Waals surface area contributed by atoms with E-state index in [0.29, 0.717) is 9.23 Å². The number of thiophene rings is 1. The van der Waals surface area contributed by atoms with Crippen LogP contribution in [0.5, 0.6) is 0 Å². The smallest absolute Gasteiger partial charge is 0.324 e. The van der Waals surface area contributed by atoms with E-state index in [1.165, 1.54) is 11.3 Å². The molecule has 0 aliphatic heterocycles. The molecule has 2 aromatic carbocycles. The monoisotopic (exact) mass is 462 g/mol. The zero-order chi connectivity index (χ0) is 21.9. The zero-order valence-corrected chi connectivity index (χ0v) is 19.3. The highest BCUT2D eigenvalue weighted by atomic mass is 35.5. The molecule has 2 N–H and O–H groups in total. The first-order chi connectivity index (χ1) is 14.2. The van der Waals surface area contributed by atoms with Crippen LogP contribution < -0.4 is 9.62 Å². The fourth-order valence-corrected chi connectivity index (χ4v) is 5.38. The standard InChI is InChI=1S/C22H23ClN2O3S2/c1-22(21(26)27,14-15-5-4-6-18(13-15)25(2)3)24-30(28)20-12-11-19(29-20)16-7-9-17(23)10-8-16/h4-13,24H,14H2,1-3H3,(H,26,27)/t22-,30?/m0/s1. The van der Waals surface area contributed by atoms with Gasteiger partial charge in [0.25, 0.3) is 0 Å². The van der Waals surface area contributed by atoms with E-state index in [1.54, 1.807) is 25.1 Å². The van der Waals surface area contributed by atoms with Gasteiger partial charge in [-0.2, -0.15) is 0 Å². The first kappa shape index (κ1) is 22.5. The normalized spacial score (nSPS) is 14.1. The van der Waals surface area contributed by atoms with E-state index in [-0.39, 0.29) is 6.42 Å². The second-order valence-corrected chi connectivity index (χ2v) is 10.3. The SMILES string of the molecule is CN(C)c1cccc(C[C@](C)(NS(=O)c2ccc(-c3ccc(Cl)cc3)s2)C(=O)O)c1. The summed E-state index contributed by atoms with van der Waals surface area (Å²) in [6.07, 6.45) is 0.200. The Hall–Kier alpha value is -2.19. The molecule has 5 nitrogen and oxygen atoms in total. The molecule has 1 heterocycles. The van der Waals surface area contributed by atoms with Gasteiger partial charge in [-0.05, 0) is 54.4 Å². The molecule has 3 aromatic rings. The minimum atomic E-state index is -1.67. The van der Waals surface area contributed by atoms with E-state index in [0.717, 1.165) is 21.7 Å². The van der Waals surface area contributed by atoms with Crippen LogP contribution in [0.1, 0.15) is 12.5 Å². The number of hydrogen-bond donors (Lipinski definition) is 2. The van der Waals surface area contributed by atoms with Gasteiger partial charge in [-0.1, -0.05) is 35.9 Å². The number of aliphatic carboxylic acids is 1. The Balaban J connectivity index is 1.79. The molecule has 1 unspecified atom stereocenters. The van der Waals surface area contributed by atoms with Crippen molar-refractivity contribution < 1.29 is 14.1 Å². The predicted molar refractivity (Wildman–Crippen MR) is 125 cm³/mol. The summed E-state index contributed by atoms with van der Waals surface area (Å²) >= 11 is 7.30. The molecule has 0 radical (unpaired) electrons. The van der Waals surface area contributed by atoms with Crippen LogP contribution in [0.3, 0.4) is 0 Å². The van der Waals surface area contributed by atoms with Crippen molar-refractivity contribution >= 4 is 45.6 Å². The lowest BCUT2D eigenvalue weighted by molar-refractivity contribution is -0.143. The fraction of sp³-hybridized carbons (Fsp3) is 0.227. The van der Waals surface area contributed by atoms with Crippen LogP contribution >= 0.6 is 22.9 Å². The lowest BCUT2D eigenvalue weighted by Crippen LogP contribution is -2.51. The highest BCUT2D eigenvalue weighted by Gasteiger charge is 2.35. The summed E-state index contributed by atoms with van der Waals surface area (Å²) in [6, 6.07) is 18.7. The molecule has 0 aliphatic carbocycles. The Bertz CT molecular complexity index is 1070. The van der Waals surface area contributed by atoms with Crippen molar-refractivity contribution in [1.29, 1.82) is 0 Å². The van der Waals surface area contributed by atoms with Gasteiger partial charge in [0.05, 0.1) is 0 Å². The molecule has 0 aliphatic rings. The first-order valence-corrected chi connectivity index (χ1v) is 11.6. The molecular weight excluding hydrogens is 440 g/mol. The number of hydrogen-bond acceptors (Lipinski definition) is 4. The van der Waals surface area contributed by atoms with Gasteiger partial charge in [0.1, 0.15) is 20.7 Å². The molecule has 0 spiro atoms. The van der Waals surface area contributed by atoms with Gasteiger partial charge in [0, 0.05) is 36.1 Å². The van der Waals surface area contributed by atoms with E-state index in [4.69, 9.17) is 11.6 Å². The number of carboxylic acids is 1. The minimum absolute atomic E-state index is 0.200. The molecule has 8 heteroatoms. The van der Waals surface area contributed by atoms with Crippen molar-refractivity contribution in [2.24, 2.45) is 0 Å². The summed E-state index contributed by atoms with van der Waals surface area (Å²) in [6.45, 7) is 1.56. The molecule has 3 rings (SSSR count). The summed E-state index contributed by atoms with van der Waals surface area (Å²) in [5.41, 5.74) is 1.41. The summed E-state index contributed by atoms with van der Waals surface area (Å²) < 4.78 is 16.3. The van der Waals surface area contributed by atoms with Gasteiger partial charge >= 0.3 is 5.97 Å². The maximum Gasteiger partial charge on any atom is 0.324 e. The van der Waals surface area contributed by atoms with Crippen molar-refractivity contribution in [3.63, 3.8) is 0 Å². The van der Waals surface area contributed by atoms with Crippen LogP contribution in [-0.2, 0) is 22.2 Å². The number of carbonyl (C=O) groups is 1. The number of nitrogens with one attached hydrogen (secondary N) is 1. The van der Waals surface area contributed by atoms with Gasteiger partial charge in [-0.3, -0.25) is 4.79 Å². The van der Waals surface area contributed by atoms with E-state index in [9.17, 15) is 14.1 Å². The Kier molecular flexibility index (Phi) is 6.98. The summed E-state index contributed by atoms with van der Waals surface area (Å²) in [5.74, 6) is -1.06. The van der Waals surface area contributed by atoms with Crippen LogP contribution in [0.25, 0.3) is 10.4 Å². The number of benzene rings is 2. The average molecular weight is 463 g/mol. The second-order valence-electron chi connectivity index (χ2n) is 7.37. The molecular formula is C22H23ClN2O3S2. The van der Waals surface area contributed by atoms with Crippen LogP contribution in [-0.4, -0.2) is 34.9 Å². The van der Waals surface area contributed by atoms with Crippen molar-refractivity contribution in [3.05, 3.63) is 71.2 Å². The predicted octanol–water partition coefficient (Wildman–Crippen LogP) is 4.83. The van der Waals surface area contributed by atoms with E-state index >= 15 is 0 Å². The van der Waals surface area contributed by atoms with Crippen LogP contribution in [0.4, 0.5) is 5.69 Å². The van der Waals surface area contributed by atoms with Crippen molar-refractivity contribution in [2.75, 3.05) is 19.0 Å². The van der Waals surface area contributed by atoms with Gasteiger partial charge < -0.3 is 10.0 Å². The molecule has 0 saturated carbocycles. The molecule has 1 aromatic heterocycles. The van der Waals surface area contributed by atoms with E-state index < -0.39 is 22.5 Å². The maximum absolute atomic E-state index is 12.9. The molecule has 0 amide bonds. The molecule has 158 valence electrons. The highest BCUT2D eigenvalue weighted by molar-refractivity contribution is 7.85. The van der Waals surface area contributed by atoms with Crippen molar-refractivity contribution in [3.8, 4) is 10.4 Å². The van der Waals surface area contributed by atoms with E-state index in [1.807, 2.05) is 61.5 Å². The first-order valence-electron chi connectivity index (χ1n) is 9.23. The third-order valence-corrected chi connectivity index (χ3v) is 7.69. The lowest BCUT2D eigenvalue weighted by atomic mass is 9.94. The Morgan fingerprint density at radius 2 is 1.87 bits per heavy atom. The van der Waals surface area contributed by atoms with Crippen LogP contribution in [0.2, 0.25) is 5.02 Å². The van der Waals surface area contributed by atoms with E-state index in [2.05, 4.69) is 4.72 Å². The number of nitrogens with zero attached hydrogens (tertiary/aromatic N) is 1. The van der Waals surface area contributed by atoms with Crippen LogP contribution in [0, 0.1) is 0 Å². The van der Waals surface area contributed by atoms with Crippen molar-refractivity contribution in [2.45, 2.75) is 23.1 Å². The fourth-order valence-electron chi connectivity index (χ4n) is 2.95. The lowest BCUT2D eigenvalue weighted by Gasteiger charge is -2.26. The minimum Gasteiger partial charge on any atom is -0.480 e. The van der Waals surface area contributed by atoms with Crippen molar-refractivity contribution in [1.82, 2.24) is 4.72 Å². The number of anilines is 1. The highest BCUT2D eigenvalue weighted by Crippen LogP contribution is 2.31. The Morgan fingerprint density at radius 1 is 1.17 bits per heavy atom. The summed E-state index contributed by atoms with van der Waals surface area (Å²) in [4.78, 5) is 14.9.